The van der Waals surface area contributed by atoms with E-state index in [1.54, 1.807) is 24.3 Å². The zero-order chi connectivity index (χ0) is 17.1. The lowest BCUT2D eigenvalue weighted by Crippen LogP contribution is -2.32. The van der Waals surface area contributed by atoms with Crippen molar-refractivity contribution in [3.05, 3.63) is 53.1 Å². The molecule has 7 heteroatoms. The highest BCUT2D eigenvalue weighted by Crippen LogP contribution is 2.30. The Labute approximate surface area is 142 Å². The molecule has 0 saturated carbocycles. The van der Waals surface area contributed by atoms with Gasteiger partial charge in [0.1, 0.15) is 18.1 Å². The van der Waals surface area contributed by atoms with E-state index in [0.29, 0.717) is 17.1 Å². The number of hydrogen-bond donors (Lipinski definition) is 1. The number of anilines is 1. The van der Waals surface area contributed by atoms with Crippen LogP contribution in [0, 0.1) is 5.92 Å². The summed E-state index contributed by atoms with van der Waals surface area (Å²) in [5.41, 5.74) is 1.25. The van der Waals surface area contributed by atoms with Gasteiger partial charge in [-0.15, -0.1) is 0 Å². The molecule has 0 spiro atoms. The van der Waals surface area contributed by atoms with E-state index in [2.05, 4.69) is 10.1 Å². The predicted molar refractivity (Wildman–Crippen MR) is 85.8 cm³/mol. The van der Waals surface area contributed by atoms with Crippen LogP contribution < -0.4 is 14.8 Å². The lowest BCUT2D eigenvalue weighted by molar-refractivity contribution is -0.121. The number of hydrogen-bond acceptors (Lipinski definition) is 3. The summed E-state index contributed by atoms with van der Waals surface area (Å²) in [6.45, 7) is -2.67. The summed E-state index contributed by atoms with van der Waals surface area (Å²) in [7, 11) is 0. The summed E-state index contributed by atoms with van der Waals surface area (Å²) < 4.78 is 34.4. The molecule has 24 heavy (non-hydrogen) atoms. The topological polar surface area (TPSA) is 47.6 Å². The minimum absolute atomic E-state index is 0.0141. The Morgan fingerprint density at radius 2 is 2.12 bits per heavy atom. The van der Waals surface area contributed by atoms with Gasteiger partial charge in [0.2, 0.25) is 5.91 Å². The van der Waals surface area contributed by atoms with Gasteiger partial charge in [-0.2, -0.15) is 8.78 Å². The Morgan fingerprint density at radius 1 is 1.29 bits per heavy atom. The van der Waals surface area contributed by atoms with Crippen LogP contribution in [-0.4, -0.2) is 19.1 Å². The van der Waals surface area contributed by atoms with Crippen molar-refractivity contribution >= 4 is 23.2 Å². The second-order valence-electron chi connectivity index (χ2n) is 5.36. The van der Waals surface area contributed by atoms with E-state index in [9.17, 15) is 13.6 Å². The molecular weight excluding hydrogens is 340 g/mol. The summed E-state index contributed by atoms with van der Waals surface area (Å²) in [5, 5.41) is 3.27. The average Bonchev–Trinajstić information content (AvgIpc) is 2.53. The fourth-order valence-electron chi connectivity index (χ4n) is 2.53. The Balaban J connectivity index is 1.67. The number of carbonyl (C=O) groups excluding carboxylic acids is 1. The van der Waals surface area contributed by atoms with Crippen LogP contribution >= 0.6 is 11.6 Å². The molecule has 0 bridgehead atoms. The van der Waals surface area contributed by atoms with Gasteiger partial charge >= 0.3 is 6.61 Å². The molecule has 1 heterocycles. The number of alkyl halides is 2. The third kappa shape index (κ3) is 3.94. The van der Waals surface area contributed by atoms with Gasteiger partial charge in [-0.05, 0) is 42.3 Å². The van der Waals surface area contributed by atoms with E-state index in [-0.39, 0.29) is 18.3 Å². The summed E-state index contributed by atoms with van der Waals surface area (Å²) in [5.74, 6) is 0.0565. The molecule has 1 aliphatic heterocycles. The number of ether oxygens (including phenoxy) is 2. The van der Waals surface area contributed by atoms with Crippen LogP contribution in [0.1, 0.15) is 5.56 Å². The number of amides is 1. The number of benzene rings is 2. The van der Waals surface area contributed by atoms with Gasteiger partial charge in [0, 0.05) is 16.8 Å². The predicted octanol–water partition coefficient (Wildman–Crippen LogP) is 4.13. The Hall–Kier alpha value is -2.34. The minimum atomic E-state index is -2.91. The molecule has 4 nitrogen and oxygen atoms in total. The third-order valence-corrected chi connectivity index (χ3v) is 3.86. The van der Waals surface area contributed by atoms with Crippen molar-refractivity contribution in [3.63, 3.8) is 0 Å². The van der Waals surface area contributed by atoms with Gasteiger partial charge in [0.15, 0.2) is 0 Å². The highest BCUT2D eigenvalue weighted by atomic mass is 35.5. The highest BCUT2D eigenvalue weighted by Gasteiger charge is 2.26. The highest BCUT2D eigenvalue weighted by molar-refractivity contribution is 6.30. The van der Waals surface area contributed by atoms with Gasteiger partial charge in [-0.1, -0.05) is 17.7 Å². The number of halogens is 3. The molecule has 0 aromatic heterocycles. The van der Waals surface area contributed by atoms with E-state index in [4.69, 9.17) is 16.3 Å². The minimum Gasteiger partial charge on any atom is -0.492 e. The van der Waals surface area contributed by atoms with E-state index in [1.807, 2.05) is 0 Å². The maximum atomic E-state index is 12.4. The maximum absolute atomic E-state index is 12.4. The smallest absolute Gasteiger partial charge is 0.387 e. The van der Waals surface area contributed by atoms with Gasteiger partial charge < -0.3 is 14.8 Å². The van der Waals surface area contributed by atoms with Crippen LogP contribution in [0.25, 0.3) is 0 Å². The van der Waals surface area contributed by atoms with E-state index in [1.165, 1.54) is 18.2 Å². The number of nitrogens with one attached hydrogen (secondary N) is 1. The SMILES string of the molecule is O=C(Nc1cccc(OC(F)F)c1)C1COc2ccc(Cl)cc2C1. The molecule has 0 fully saturated rings. The van der Waals surface area contributed by atoms with E-state index >= 15 is 0 Å². The first-order chi connectivity index (χ1) is 11.5. The number of fused-ring (bicyclic) bond motifs is 1. The van der Waals surface area contributed by atoms with Crippen molar-refractivity contribution in [1.29, 1.82) is 0 Å². The van der Waals surface area contributed by atoms with Crippen LogP contribution in [0.3, 0.4) is 0 Å². The normalized spacial score (nSPS) is 16.2. The van der Waals surface area contributed by atoms with E-state index < -0.39 is 12.5 Å². The molecule has 0 saturated heterocycles. The third-order valence-electron chi connectivity index (χ3n) is 3.63. The molecule has 1 aliphatic rings. The molecule has 0 radical (unpaired) electrons. The fraction of sp³-hybridized carbons (Fsp3) is 0.235. The van der Waals surface area contributed by atoms with Gasteiger partial charge in [-0.25, -0.2) is 0 Å². The fourth-order valence-corrected chi connectivity index (χ4v) is 2.72. The zero-order valence-electron chi connectivity index (χ0n) is 12.5. The molecule has 2 aromatic carbocycles. The van der Waals surface area contributed by atoms with Crippen molar-refractivity contribution in [3.8, 4) is 11.5 Å². The molecule has 3 rings (SSSR count). The molecule has 126 valence electrons. The molecule has 0 aliphatic carbocycles. The number of carbonyl (C=O) groups is 1. The van der Waals surface area contributed by atoms with Crippen molar-refractivity contribution in [2.45, 2.75) is 13.0 Å². The second-order valence-corrected chi connectivity index (χ2v) is 5.80. The standard InChI is InChI=1S/C17H14ClF2NO3/c18-12-4-5-15-10(7-12)6-11(9-23-15)16(22)21-13-2-1-3-14(8-13)24-17(19)20/h1-5,7-8,11,17H,6,9H2,(H,21,22). The Kier molecular flexibility index (Phi) is 4.85. The van der Waals surface area contributed by atoms with Crippen LogP contribution in [0.4, 0.5) is 14.5 Å². The first-order valence-corrected chi connectivity index (χ1v) is 7.66. The van der Waals surface area contributed by atoms with Gasteiger partial charge in [0.25, 0.3) is 0 Å². The van der Waals surface area contributed by atoms with Crippen LogP contribution in [0.5, 0.6) is 11.5 Å². The summed E-state index contributed by atoms with van der Waals surface area (Å²) in [6, 6.07) is 11.1. The largest absolute Gasteiger partial charge is 0.492 e. The first-order valence-electron chi connectivity index (χ1n) is 7.28. The van der Waals surface area contributed by atoms with Crippen molar-refractivity contribution in [2.24, 2.45) is 5.92 Å². The number of rotatable bonds is 4. The monoisotopic (exact) mass is 353 g/mol. The quantitative estimate of drug-likeness (QED) is 0.899. The molecule has 2 aromatic rings. The summed E-state index contributed by atoms with van der Waals surface area (Å²) >= 11 is 5.96. The zero-order valence-corrected chi connectivity index (χ0v) is 13.2. The molecule has 1 atom stereocenters. The summed E-state index contributed by atoms with van der Waals surface area (Å²) in [6.07, 6.45) is 0.495. The van der Waals surface area contributed by atoms with E-state index in [0.717, 1.165) is 11.3 Å². The van der Waals surface area contributed by atoms with Crippen LogP contribution in [0.2, 0.25) is 5.02 Å². The lowest BCUT2D eigenvalue weighted by Gasteiger charge is -2.24. The van der Waals surface area contributed by atoms with Gasteiger partial charge in [0.05, 0.1) is 5.92 Å². The maximum Gasteiger partial charge on any atom is 0.387 e. The lowest BCUT2D eigenvalue weighted by atomic mass is 9.96. The van der Waals surface area contributed by atoms with Crippen LogP contribution in [-0.2, 0) is 11.2 Å². The van der Waals surface area contributed by atoms with Crippen LogP contribution in [0.15, 0.2) is 42.5 Å². The van der Waals surface area contributed by atoms with Crippen molar-refractivity contribution < 1.29 is 23.0 Å². The second kappa shape index (κ2) is 7.05. The van der Waals surface area contributed by atoms with Crippen molar-refractivity contribution in [1.82, 2.24) is 0 Å². The molecule has 1 amide bonds. The van der Waals surface area contributed by atoms with Gasteiger partial charge in [-0.3, -0.25) is 4.79 Å². The average molecular weight is 354 g/mol. The molecule has 1 unspecified atom stereocenters. The molecule has 1 N–H and O–H groups in total. The Bertz CT molecular complexity index is 754. The first kappa shape index (κ1) is 16.5. The van der Waals surface area contributed by atoms with Crippen molar-refractivity contribution in [2.75, 3.05) is 11.9 Å². The Morgan fingerprint density at radius 3 is 2.92 bits per heavy atom. The molecular formula is C17H14ClF2NO3. The summed E-state index contributed by atoms with van der Waals surface area (Å²) in [4.78, 5) is 12.4.